The summed E-state index contributed by atoms with van der Waals surface area (Å²) in [5.74, 6) is -0.405. The lowest BCUT2D eigenvalue weighted by atomic mass is 10.2. The van der Waals surface area contributed by atoms with Gasteiger partial charge >= 0.3 is 5.97 Å². The van der Waals surface area contributed by atoms with E-state index in [9.17, 15) is 14.0 Å². The molecule has 146 valence electrons. The second-order valence-electron chi connectivity index (χ2n) is 5.73. The van der Waals surface area contributed by atoms with E-state index in [0.29, 0.717) is 20.6 Å². The molecule has 1 aromatic heterocycles. The maximum atomic E-state index is 13.6. The van der Waals surface area contributed by atoms with E-state index in [1.54, 1.807) is 41.5 Å². The molecule has 1 heterocycles. The summed E-state index contributed by atoms with van der Waals surface area (Å²) in [7, 11) is 0. The minimum Gasteiger partial charge on any atom is -0.465 e. The summed E-state index contributed by atoms with van der Waals surface area (Å²) in [5.41, 5.74) is 1.13. The monoisotopic (exact) mass is 418 g/mol. The molecule has 0 radical (unpaired) electrons. The minimum atomic E-state index is -0.442. The van der Waals surface area contributed by atoms with Gasteiger partial charge in [-0.15, -0.1) is 11.8 Å². The fourth-order valence-electron chi connectivity index (χ4n) is 2.69. The number of thioether (sulfide) groups is 1. The molecular formula is C20H19FN2O3S2. The number of thiazole rings is 1. The first-order valence-corrected chi connectivity index (χ1v) is 10.6. The van der Waals surface area contributed by atoms with Crippen LogP contribution in [0.5, 0.6) is 0 Å². The van der Waals surface area contributed by atoms with Crippen molar-refractivity contribution in [3.05, 3.63) is 58.6 Å². The van der Waals surface area contributed by atoms with Crippen molar-refractivity contribution in [3.8, 4) is 0 Å². The average molecular weight is 419 g/mol. The van der Waals surface area contributed by atoms with Crippen LogP contribution in [0.25, 0.3) is 10.2 Å². The lowest BCUT2D eigenvalue weighted by molar-refractivity contribution is -0.143. The number of halogens is 1. The van der Waals surface area contributed by atoms with Crippen LogP contribution in [0.4, 0.5) is 4.39 Å². The normalized spacial score (nSPS) is 11.8. The fraction of sp³-hybridized carbons (Fsp3) is 0.250. The van der Waals surface area contributed by atoms with Gasteiger partial charge in [-0.25, -0.2) is 4.39 Å². The Kier molecular flexibility index (Phi) is 6.64. The van der Waals surface area contributed by atoms with Gasteiger partial charge in [0.15, 0.2) is 4.80 Å². The first kappa shape index (κ1) is 20.3. The topological polar surface area (TPSA) is 60.7 Å². The molecule has 0 bridgehead atoms. The second kappa shape index (κ2) is 9.16. The van der Waals surface area contributed by atoms with E-state index in [1.165, 1.54) is 12.1 Å². The molecule has 0 unspecified atom stereocenters. The maximum absolute atomic E-state index is 13.6. The Balaban J connectivity index is 2.10. The Morgan fingerprint density at radius 2 is 2.00 bits per heavy atom. The molecule has 0 spiro atoms. The standard InChI is InChI=1S/C20H19FN2O3S2/c1-3-26-18(24)12-23-15-10-9-13(21)11-17(15)28-20(23)22-19(25)14-7-5-6-8-16(14)27-4-2/h5-11H,3-4,12H2,1-2H3. The van der Waals surface area contributed by atoms with Crippen molar-refractivity contribution in [1.29, 1.82) is 0 Å². The van der Waals surface area contributed by atoms with Crippen LogP contribution < -0.4 is 4.80 Å². The molecule has 1 amide bonds. The highest BCUT2D eigenvalue weighted by Gasteiger charge is 2.15. The van der Waals surface area contributed by atoms with E-state index in [1.807, 2.05) is 19.1 Å². The minimum absolute atomic E-state index is 0.100. The van der Waals surface area contributed by atoms with Crippen LogP contribution in [0.3, 0.4) is 0 Å². The second-order valence-corrected chi connectivity index (χ2v) is 8.05. The third-order valence-electron chi connectivity index (χ3n) is 3.85. The highest BCUT2D eigenvalue weighted by Crippen LogP contribution is 2.23. The number of carbonyl (C=O) groups is 2. The highest BCUT2D eigenvalue weighted by atomic mass is 32.2. The molecule has 0 N–H and O–H groups in total. The Labute approximate surface area is 169 Å². The van der Waals surface area contributed by atoms with Crippen molar-refractivity contribution < 1.29 is 18.7 Å². The number of carbonyl (C=O) groups excluding carboxylic acids is 2. The Bertz CT molecular complexity index is 1090. The summed E-state index contributed by atoms with van der Waals surface area (Å²) in [6.07, 6.45) is 0. The Hall–Kier alpha value is -2.45. The molecule has 3 rings (SSSR count). The Morgan fingerprint density at radius 3 is 2.75 bits per heavy atom. The number of rotatable bonds is 6. The first-order valence-electron chi connectivity index (χ1n) is 8.78. The van der Waals surface area contributed by atoms with Crippen molar-refractivity contribution in [2.24, 2.45) is 4.99 Å². The SMILES string of the molecule is CCOC(=O)Cn1c(=NC(=O)c2ccccc2SCC)sc2cc(F)ccc21. The van der Waals surface area contributed by atoms with Crippen LogP contribution in [0.15, 0.2) is 52.4 Å². The van der Waals surface area contributed by atoms with E-state index in [4.69, 9.17) is 4.74 Å². The number of esters is 1. The van der Waals surface area contributed by atoms with Crippen molar-refractivity contribution in [2.75, 3.05) is 12.4 Å². The summed E-state index contributed by atoms with van der Waals surface area (Å²) >= 11 is 2.72. The molecule has 0 atom stereocenters. The van der Waals surface area contributed by atoms with E-state index >= 15 is 0 Å². The number of fused-ring (bicyclic) bond motifs is 1. The summed E-state index contributed by atoms with van der Waals surface area (Å²) in [4.78, 5) is 30.3. The smallest absolute Gasteiger partial charge is 0.326 e. The zero-order valence-electron chi connectivity index (χ0n) is 15.5. The lowest BCUT2D eigenvalue weighted by Gasteiger charge is -2.06. The van der Waals surface area contributed by atoms with Crippen LogP contribution in [0.1, 0.15) is 24.2 Å². The molecule has 2 aromatic carbocycles. The molecule has 0 aliphatic heterocycles. The zero-order chi connectivity index (χ0) is 20.1. The van der Waals surface area contributed by atoms with Crippen molar-refractivity contribution >= 4 is 45.2 Å². The van der Waals surface area contributed by atoms with E-state index < -0.39 is 11.9 Å². The molecule has 3 aromatic rings. The zero-order valence-corrected chi connectivity index (χ0v) is 17.1. The third kappa shape index (κ3) is 4.51. The Morgan fingerprint density at radius 1 is 1.21 bits per heavy atom. The largest absolute Gasteiger partial charge is 0.465 e. The number of hydrogen-bond donors (Lipinski definition) is 0. The molecule has 0 saturated heterocycles. The average Bonchev–Trinajstić information content (AvgIpc) is 2.98. The quantitative estimate of drug-likeness (QED) is 0.443. The van der Waals surface area contributed by atoms with Gasteiger partial charge in [-0.2, -0.15) is 4.99 Å². The number of aromatic nitrogens is 1. The number of nitrogens with zero attached hydrogens (tertiary/aromatic N) is 2. The maximum Gasteiger partial charge on any atom is 0.326 e. The van der Waals surface area contributed by atoms with Crippen LogP contribution in [0, 0.1) is 5.82 Å². The number of hydrogen-bond acceptors (Lipinski definition) is 5. The molecule has 0 aliphatic rings. The number of ether oxygens (including phenoxy) is 1. The predicted octanol–water partition coefficient (Wildman–Crippen LogP) is 4.26. The molecule has 8 heteroatoms. The van der Waals surface area contributed by atoms with Gasteiger partial charge < -0.3 is 9.30 Å². The lowest BCUT2D eigenvalue weighted by Crippen LogP contribution is -2.23. The molecule has 5 nitrogen and oxygen atoms in total. The van der Waals surface area contributed by atoms with Gasteiger partial charge in [0, 0.05) is 4.90 Å². The van der Waals surface area contributed by atoms with Crippen LogP contribution in [-0.4, -0.2) is 28.8 Å². The molecule has 0 saturated carbocycles. The van der Waals surface area contributed by atoms with Gasteiger partial charge in [-0.1, -0.05) is 30.4 Å². The summed E-state index contributed by atoms with van der Waals surface area (Å²) in [6.45, 7) is 3.89. The number of amides is 1. The van der Waals surface area contributed by atoms with E-state index in [-0.39, 0.29) is 19.0 Å². The van der Waals surface area contributed by atoms with E-state index in [2.05, 4.69) is 4.99 Å². The third-order valence-corrected chi connectivity index (χ3v) is 5.85. The van der Waals surface area contributed by atoms with Gasteiger partial charge in [0.2, 0.25) is 0 Å². The van der Waals surface area contributed by atoms with Crippen LogP contribution in [0.2, 0.25) is 0 Å². The van der Waals surface area contributed by atoms with Gasteiger partial charge in [0.25, 0.3) is 5.91 Å². The van der Waals surface area contributed by atoms with Crippen molar-refractivity contribution in [2.45, 2.75) is 25.3 Å². The molecular weight excluding hydrogens is 399 g/mol. The van der Waals surface area contributed by atoms with Gasteiger partial charge in [-0.3, -0.25) is 9.59 Å². The van der Waals surface area contributed by atoms with Crippen LogP contribution >= 0.6 is 23.1 Å². The van der Waals surface area contributed by atoms with Crippen molar-refractivity contribution in [1.82, 2.24) is 4.57 Å². The summed E-state index contributed by atoms with van der Waals surface area (Å²) in [6, 6.07) is 11.5. The van der Waals surface area contributed by atoms with Crippen molar-refractivity contribution in [3.63, 3.8) is 0 Å². The first-order chi connectivity index (χ1) is 13.5. The molecule has 0 aliphatic carbocycles. The van der Waals surface area contributed by atoms with Gasteiger partial charge in [0.1, 0.15) is 12.4 Å². The summed E-state index contributed by atoms with van der Waals surface area (Å²) in [5, 5.41) is 0. The summed E-state index contributed by atoms with van der Waals surface area (Å²) < 4.78 is 20.8. The van der Waals surface area contributed by atoms with E-state index in [0.717, 1.165) is 22.0 Å². The van der Waals surface area contributed by atoms with Gasteiger partial charge in [-0.05, 0) is 43.0 Å². The predicted molar refractivity (Wildman–Crippen MR) is 109 cm³/mol. The molecule has 28 heavy (non-hydrogen) atoms. The number of benzene rings is 2. The van der Waals surface area contributed by atoms with Gasteiger partial charge in [0.05, 0.1) is 22.4 Å². The fourth-order valence-corrected chi connectivity index (χ4v) is 4.54. The highest BCUT2D eigenvalue weighted by molar-refractivity contribution is 7.99. The molecule has 0 fully saturated rings. The van der Waals surface area contributed by atoms with Crippen LogP contribution in [-0.2, 0) is 16.1 Å².